The number of benzene rings is 1. The Kier molecular flexibility index (Phi) is 4.78. The molecule has 22 heavy (non-hydrogen) atoms. The molecule has 2 aromatic rings. The smallest absolute Gasteiger partial charge is 0.299 e. The van der Waals surface area contributed by atoms with Crippen molar-refractivity contribution in [2.45, 2.75) is 38.8 Å². The SMILES string of the molecule is CCCOc1nc2ccc(Br)cc2c(=O)n1CC1CCCO1. The summed E-state index contributed by atoms with van der Waals surface area (Å²) in [5, 5.41) is 0.594. The topological polar surface area (TPSA) is 53.3 Å². The quantitative estimate of drug-likeness (QED) is 0.815. The first-order valence-corrected chi connectivity index (χ1v) is 8.43. The van der Waals surface area contributed by atoms with Crippen molar-refractivity contribution in [2.24, 2.45) is 0 Å². The van der Waals surface area contributed by atoms with E-state index in [1.54, 1.807) is 10.6 Å². The molecule has 0 bridgehead atoms. The number of fused-ring (bicyclic) bond motifs is 1. The maximum absolute atomic E-state index is 12.8. The van der Waals surface area contributed by atoms with Crippen LogP contribution in [0.1, 0.15) is 26.2 Å². The van der Waals surface area contributed by atoms with Crippen molar-refractivity contribution in [2.75, 3.05) is 13.2 Å². The Morgan fingerprint density at radius 1 is 1.50 bits per heavy atom. The predicted octanol–water partition coefficient (Wildman–Crippen LogP) is 3.13. The van der Waals surface area contributed by atoms with Crippen LogP contribution < -0.4 is 10.3 Å². The molecule has 2 heterocycles. The van der Waals surface area contributed by atoms with E-state index in [0.29, 0.717) is 30.1 Å². The van der Waals surface area contributed by atoms with Crippen LogP contribution in [0.5, 0.6) is 6.01 Å². The minimum atomic E-state index is -0.0760. The average molecular weight is 367 g/mol. The summed E-state index contributed by atoms with van der Waals surface area (Å²) in [7, 11) is 0. The Morgan fingerprint density at radius 3 is 3.09 bits per heavy atom. The van der Waals surface area contributed by atoms with Crippen LogP contribution in [-0.4, -0.2) is 28.9 Å². The van der Waals surface area contributed by atoms with Crippen LogP contribution in [0, 0.1) is 0 Å². The van der Waals surface area contributed by atoms with Crippen molar-refractivity contribution in [3.05, 3.63) is 33.0 Å². The molecule has 118 valence electrons. The van der Waals surface area contributed by atoms with Gasteiger partial charge in [-0.1, -0.05) is 22.9 Å². The molecule has 0 spiro atoms. The fourth-order valence-corrected chi connectivity index (χ4v) is 2.99. The van der Waals surface area contributed by atoms with E-state index in [2.05, 4.69) is 20.9 Å². The second-order valence-electron chi connectivity index (χ2n) is 5.46. The third-order valence-corrected chi connectivity index (χ3v) is 4.22. The molecule has 1 aliphatic rings. The molecule has 1 aromatic heterocycles. The van der Waals surface area contributed by atoms with Crippen molar-refractivity contribution in [3.8, 4) is 6.01 Å². The summed E-state index contributed by atoms with van der Waals surface area (Å²) in [4.78, 5) is 17.3. The molecule has 1 aromatic carbocycles. The summed E-state index contributed by atoms with van der Waals surface area (Å²) in [6, 6.07) is 5.90. The summed E-state index contributed by atoms with van der Waals surface area (Å²) in [5.74, 6) is 0. The molecule has 3 rings (SSSR count). The second-order valence-corrected chi connectivity index (χ2v) is 6.37. The van der Waals surface area contributed by atoms with Gasteiger partial charge in [0.1, 0.15) is 0 Å². The molecule has 1 aliphatic heterocycles. The maximum atomic E-state index is 12.8. The molecule has 6 heteroatoms. The van der Waals surface area contributed by atoms with Crippen LogP contribution in [-0.2, 0) is 11.3 Å². The van der Waals surface area contributed by atoms with Gasteiger partial charge in [-0.3, -0.25) is 9.36 Å². The summed E-state index contributed by atoms with van der Waals surface area (Å²) in [5.41, 5.74) is 0.579. The van der Waals surface area contributed by atoms with Gasteiger partial charge in [0.05, 0.1) is 30.2 Å². The first-order valence-electron chi connectivity index (χ1n) is 7.63. The fourth-order valence-electron chi connectivity index (χ4n) is 2.63. The Bertz CT molecular complexity index is 723. The van der Waals surface area contributed by atoms with Crippen molar-refractivity contribution in [1.29, 1.82) is 0 Å². The van der Waals surface area contributed by atoms with Crippen molar-refractivity contribution >= 4 is 26.8 Å². The van der Waals surface area contributed by atoms with E-state index in [9.17, 15) is 4.79 Å². The van der Waals surface area contributed by atoms with Crippen LogP contribution in [0.3, 0.4) is 0 Å². The van der Waals surface area contributed by atoms with Gasteiger partial charge < -0.3 is 9.47 Å². The first kappa shape index (κ1) is 15.5. The number of hydrogen-bond donors (Lipinski definition) is 0. The zero-order chi connectivity index (χ0) is 15.5. The van der Waals surface area contributed by atoms with Gasteiger partial charge in [0, 0.05) is 11.1 Å². The lowest BCUT2D eigenvalue weighted by molar-refractivity contribution is 0.0923. The van der Waals surface area contributed by atoms with Gasteiger partial charge in [-0.15, -0.1) is 0 Å². The number of halogens is 1. The van der Waals surface area contributed by atoms with Gasteiger partial charge in [-0.2, -0.15) is 4.98 Å². The molecule has 0 saturated carbocycles. The standard InChI is InChI=1S/C16H19BrN2O3/c1-2-7-22-16-18-14-6-5-11(17)9-13(14)15(20)19(16)10-12-4-3-8-21-12/h5-6,9,12H,2-4,7-8,10H2,1H3. The highest BCUT2D eigenvalue weighted by molar-refractivity contribution is 9.10. The Balaban J connectivity index is 2.07. The number of aromatic nitrogens is 2. The van der Waals surface area contributed by atoms with E-state index in [1.807, 2.05) is 19.1 Å². The van der Waals surface area contributed by atoms with Crippen LogP contribution in [0.25, 0.3) is 10.9 Å². The van der Waals surface area contributed by atoms with E-state index in [4.69, 9.17) is 9.47 Å². The van der Waals surface area contributed by atoms with Crippen LogP contribution in [0.15, 0.2) is 27.5 Å². The number of nitrogens with zero attached hydrogens (tertiary/aromatic N) is 2. The van der Waals surface area contributed by atoms with Gasteiger partial charge >= 0.3 is 0 Å². The average Bonchev–Trinajstić information content (AvgIpc) is 3.02. The normalized spacial score (nSPS) is 18.0. The Hall–Kier alpha value is -1.40. The van der Waals surface area contributed by atoms with E-state index < -0.39 is 0 Å². The summed E-state index contributed by atoms with van der Waals surface area (Å²) in [6.45, 7) is 3.82. The summed E-state index contributed by atoms with van der Waals surface area (Å²) < 4.78 is 13.8. The van der Waals surface area contributed by atoms with Crippen molar-refractivity contribution in [3.63, 3.8) is 0 Å². The first-order chi connectivity index (χ1) is 10.7. The molecular formula is C16H19BrN2O3. The molecule has 1 atom stereocenters. The van der Waals surface area contributed by atoms with Crippen LogP contribution in [0.4, 0.5) is 0 Å². The van der Waals surface area contributed by atoms with E-state index in [-0.39, 0.29) is 11.7 Å². The minimum absolute atomic E-state index is 0.0630. The molecule has 1 saturated heterocycles. The highest BCUT2D eigenvalue weighted by atomic mass is 79.9. The molecule has 0 N–H and O–H groups in total. The molecule has 0 aliphatic carbocycles. The summed E-state index contributed by atoms with van der Waals surface area (Å²) in [6.07, 6.45) is 2.94. The predicted molar refractivity (Wildman–Crippen MR) is 88.5 cm³/mol. The number of hydrogen-bond acceptors (Lipinski definition) is 4. The highest BCUT2D eigenvalue weighted by Crippen LogP contribution is 2.20. The van der Waals surface area contributed by atoms with Crippen LogP contribution >= 0.6 is 15.9 Å². The Morgan fingerprint density at radius 2 is 2.36 bits per heavy atom. The monoisotopic (exact) mass is 366 g/mol. The Labute approximate surface area is 137 Å². The summed E-state index contributed by atoms with van der Waals surface area (Å²) >= 11 is 3.41. The lowest BCUT2D eigenvalue weighted by Crippen LogP contribution is -2.29. The number of ether oxygens (including phenoxy) is 2. The van der Waals surface area contributed by atoms with E-state index >= 15 is 0 Å². The van der Waals surface area contributed by atoms with Gasteiger partial charge in [-0.05, 0) is 37.5 Å². The van der Waals surface area contributed by atoms with E-state index in [1.165, 1.54) is 0 Å². The third kappa shape index (κ3) is 3.17. The lowest BCUT2D eigenvalue weighted by Gasteiger charge is -2.16. The molecule has 5 nitrogen and oxygen atoms in total. The van der Waals surface area contributed by atoms with Gasteiger partial charge in [0.15, 0.2) is 0 Å². The second kappa shape index (κ2) is 6.79. The maximum Gasteiger partial charge on any atom is 0.299 e. The van der Waals surface area contributed by atoms with Crippen molar-refractivity contribution < 1.29 is 9.47 Å². The zero-order valence-corrected chi connectivity index (χ0v) is 14.1. The van der Waals surface area contributed by atoms with E-state index in [0.717, 1.165) is 30.3 Å². The zero-order valence-electron chi connectivity index (χ0n) is 12.5. The van der Waals surface area contributed by atoms with Crippen molar-refractivity contribution in [1.82, 2.24) is 9.55 Å². The van der Waals surface area contributed by atoms with Gasteiger partial charge in [0.25, 0.3) is 11.6 Å². The largest absolute Gasteiger partial charge is 0.465 e. The molecule has 1 unspecified atom stereocenters. The molecular weight excluding hydrogens is 348 g/mol. The molecule has 0 radical (unpaired) electrons. The highest BCUT2D eigenvalue weighted by Gasteiger charge is 2.20. The molecule has 1 fully saturated rings. The number of rotatable bonds is 5. The lowest BCUT2D eigenvalue weighted by atomic mass is 10.2. The minimum Gasteiger partial charge on any atom is -0.465 e. The third-order valence-electron chi connectivity index (χ3n) is 3.73. The van der Waals surface area contributed by atoms with Gasteiger partial charge in [0.2, 0.25) is 0 Å². The van der Waals surface area contributed by atoms with Crippen LogP contribution in [0.2, 0.25) is 0 Å². The molecule has 0 amide bonds. The fraction of sp³-hybridized carbons (Fsp3) is 0.500. The van der Waals surface area contributed by atoms with Gasteiger partial charge in [-0.25, -0.2) is 0 Å².